The number of hydrogen-bond acceptors (Lipinski definition) is 4. The van der Waals surface area contributed by atoms with Crippen LogP contribution >= 0.6 is 27.3 Å². The van der Waals surface area contributed by atoms with Gasteiger partial charge in [-0.2, -0.15) is 0 Å². The zero-order valence-electron chi connectivity index (χ0n) is 10.1. The van der Waals surface area contributed by atoms with E-state index in [1.54, 1.807) is 6.92 Å². The first-order valence-electron chi connectivity index (χ1n) is 5.51. The molecule has 0 spiro atoms. The molecular weight excluding hydrogens is 314 g/mol. The lowest BCUT2D eigenvalue weighted by Gasteiger charge is -2.02. The number of ether oxygens (including phenoxy) is 1. The Bertz CT molecular complexity index is 580. The minimum atomic E-state index is -0.358. The molecule has 0 radical (unpaired) electrons. The van der Waals surface area contributed by atoms with E-state index in [-0.39, 0.29) is 5.97 Å². The van der Waals surface area contributed by atoms with Gasteiger partial charge in [0.1, 0.15) is 0 Å². The second-order valence-electron chi connectivity index (χ2n) is 3.72. The molecule has 0 amide bonds. The number of hydrogen-bond donors (Lipinski definition) is 0. The summed E-state index contributed by atoms with van der Waals surface area (Å²) in [6, 6.07) is 5.98. The van der Waals surface area contributed by atoms with E-state index >= 15 is 0 Å². The first-order chi connectivity index (χ1) is 8.61. The largest absolute Gasteiger partial charge is 0.461 e. The number of rotatable bonds is 3. The van der Waals surface area contributed by atoms with Crippen LogP contribution in [-0.2, 0) is 4.74 Å². The van der Waals surface area contributed by atoms with E-state index in [0.29, 0.717) is 11.6 Å². The fourth-order valence-corrected chi connectivity index (χ4v) is 2.78. The van der Waals surface area contributed by atoms with Crippen LogP contribution < -0.4 is 0 Å². The van der Waals surface area contributed by atoms with Gasteiger partial charge in [-0.1, -0.05) is 22.0 Å². The lowest BCUT2D eigenvalue weighted by atomic mass is 10.1. The van der Waals surface area contributed by atoms with Crippen LogP contribution in [0, 0.1) is 6.92 Å². The maximum absolute atomic E-state index is 11.5. The Kier molecular flexibility index (Phi) is 4.14. The summed E-state index contributed by atoms with van der Waals surface area (Å²) in [5.41, 5.74) is 2.96. The van der Waals surface area contributed by atoms with E-state index in [2.05, 4.69) is 20.9 Å². The fraction of sp³-hybridized carbons (Fsp3) is 0.231. The zero-order valence-corrected chi connectivity index (χ0v) is 12.5. The summed E-state index contributed by atoms with van der Waals surface area (Å²) in [6.45, 7) is 4.17. The van der Waals surface area contributed by atoms with Gasteiger partial charge in [0.15, 0.2) is 0 Å². The molecule has 1 heterocycles. The number of nitrogens with zero attached hydrogens (tertiary/aromatic N) is 1. The average molecular weight is 326 g/mol. The molecule has 0 aliphatic heterocycles. The van der Waals surface area contributed by atoms with Crippen LogP contribution in [0.25, 0.3) is 11.3 Å². The molecule has 0 N–H and O–H groups in total. The fourth-order valence-electron chi connectivity index (χ4n) is 1.60. The zero-order chi connectivity index (χ0) is 13.1. The van der Waals surface area contributed by atoms with Gasteiger partial charge in [-0.25, -0.2) is 9.78 Å². The number of carbonyl (C=O) groups excluding carboxylic acids is 1. The second-order valence-corrected chi connectivity index (χ2v) is 5.49. The van der Waals surface area contributed by atoms with Crippen LogP contribution in [0.15, 0.2) is 28.1 Å². The summed E-state index contributed by atoms with van der Waals surface area (Å²) < 4.78 is 5.96. The molecule has 0 aliphatic rings. The van der Waals surface area contributed by atoms with Crippen LogP contribution in [0.4, 0.5) is 0 Å². The summed E-state index contributed by atoms with van der Waals surface area (Å²) in [6.07, 6.45) is 0. The van der Waals surface area contributed by atoms with Gasteiger partial charge >= 0.3 is 5.97 Å². The van der Waals surface area contributed by atoms with Crippen molar-refractivity contribution in [2.45, 2.75) is 13.8 Å². The highest BCUT2D eigenvalue weighted by molar-refractivity contribution is 9.10. The average Bonchev–Trinajstić information content (AvgIpc) is 2.78. The number of benzene rings is 1. The van der Waals surface area contributed by atoms with E-state index in [1.165, 1.54) is 11.3 Å². The third kappa shape index (κ3) is 2.79. The topological polar surface area (TPSA) is 39.2 Å². The van der Waals surface area contributed by atoms with Gasteiger partial charge in [-0.05, 0) is 31.5 Å². The van der Waals surface area contributed by atoms with Crippen molar-refractivity contribution in [3.8, 4) is 11.3 Å². The van der Waals surface area contributed by atoms with Gasteiger partial charge in [0, 0.05) is 15.4 Å². The van der Waals surface area contributed by atoms with E-state index in [4.69, 9.17) is 4.74 Å². The van der Waals surface area contributed by atoms with Crippen molar-refractivity contribution in [3.63, 3.8) is 0 Å². The second kappa shape index (κ2) is 5.63. The van der Waals surface area contributed by atoms with Gasteiger partial charge in [-0.15, -0.1) is 11.3 Å². The molecular formula is C13H12BrNO2S. The summed E-state index contributed by atoms with van der Waals surface area (Å²) in [5, 5.41) is 2.27. The molecule has 5 heteroatoms. The third-order valence-electron chi connectivity index (χ3n) is 2.42. The molecule has 2 aromatic rings. The summed E-state index contributed by atoms with van der Waals surface area (Å²) in [7, 11) is 0. The van der Waals surface area contributed by atoms with Crippen molar-refractivity contribution in [1.29, 1.82) is 0 Å². The van der Waals surface area contributed by atoms with Crippen LogP contribution in [0.1, 0.15) is 22.3 Å². The molecule has 0 aliphatic carbocycles. The molecule has 94 valence electrons. The molecule has 0 unspecified atom stereocenters. The first-order valence-corrected chi connectivity index (χ1v) is 7.18. The maximum Gasteiger partial charge on any atom is 0.367 e. The highest BCUT2D eigenvalue weighted by Crippen LogP contribution is 2.27. The van der Waals surface area contributed by atoms with Gasteiger partial charge < -0.3 is 4.74 Å². The molecule has 1 aromatic heterocycles. The Morgan fingerprint density at radius 2 is 2.28 bits per heavy atom. The number of carbonyl (C=O) groups is 1. The van der Waals surface area contributed by atoms with Gasteiger partial charge in [0.05, 0.1) is 12.3 Å². The maximum atomic E-state index is 11.5. The highest BCUT2D eigenvalue weighted by atomic mass is 79.9. The minimum Gasteiger partial charge on any atom is -0.461 e. The van der Waals surface area contributed by atoms with Crippen LogP contribution in [0.2, 0.25) is 0 Å². The monoisotopic (exact) mass is 325 g/mol. The normalized spacial score (nSPS) is 10.4. The van der Waals surface area contributed by atoms with Crippen molar-refractivity contribution in [2.75, 3.05) is 6.61 Å². The van der Waals surface area contributed by atoms with Crippen molar-refractivity contribution < 1.29 is 9.53 Å². The predicted octanol–water partition coefficient (Wildman–Crippen LogP) is 4.06. The highest BCUT2D eigenvalue weighted by Gasteiger charge is 2.13. The summed E-state index contributed by atoms with van der Waals surface area (Å²) >= 11 is 4.73. The minimum absolute atomic E-state index is 0.358. The Labute approximate surface area is 118 Å². The van der Waals surface area contributed by atoms with Crippen LogP contribution in [0.5, 0.6) is 0 Å². The van der Waals surface area contributed by atoms with Crippen molar-refractivity contribution >= 4 is 33.2 Å². The Morgan fingerprint density at radius 1 is 1.50 bits per heavy atom. The smallest absolute Gasteiger partial charge is 0.367 e. The van der Waals surface area contributed by atoms with Crippen molar-refractivity contribution in [2.24, 2.45) is 0 Å². The number of thiazole rings is 1. The molecule has 0 atom stereocenters. The van der Waals surface area contributed by atoms with Crippen molar-refractivity contribution in [3.05, 3.63) is 38.6 Å². The summed E-state index contributed by atoms with van der Waals surface area (Å²) in [5.74, 6) is -0.358. The third-order valence-corrected chi connectivity index (χ3v) is 3.73. The molecule has 0 bridgehead atoms. The lowest BCUT2D eigenvalue weighted by Crippen LogP contribution is -2.03. The van der Waals surface area contributed by atoms with Gasteiger partial charge in [0.25, 0.3) is 0 Å². The summed E-state index contributed by atoms with van der Waals surface area (Å²) in [4.78, 5) is 15.9. The number of aromatic nitrogens is 1. The predicted molar refractivity (Wildman–Crippen MR) is 75.9 cm³/mol. The van der Waals surface area contributed by atoms with E-state index in [1.807, 2.05) is 30.5 Å². The first kappa shape index (κ1) is 13.2. The quantitative estimate of drug-likeness (QED) is 0.799. The standard InChI is InChI=1S/C13H12BrNO2S/c1-3-17-13(16)12-15-11(7-18-12)10-5-4-9(14)6-8(10)2/h4-7H,3H2,1-2H3. The Morgan fingerprint density at radius 3 is 2.94 bits per heavy atom. The SMILES string of the molecule is CCOC(=O)c1nc(-c2ccc(Br)cc2C)cs1. The molecule has 3 nitrogen and oxygen atoms in total. The Balaban J connectivity index is 2.32. The van der Waals surface area contributed by atoms with Crippen LogP contribution in [-0.4, -0.2) is 17.6 Å². The van der Waals surface area contributed by atoms with Crippen molar-refractivity contribution in [1.82, 2.24) is 4.98 Å². The molecule has 0 saturated carbocycles. The Hall–Kier alpha value is -1.20. The molecule has 0 fully saturated rings. The van der Waals surface area contributed by atoms with E-state index < -0.39 is 0 Å². The number of halogens is 1. The molecule has 0 saturated heterocycles. The lowest BCUT2D eigenvalue weighted by molar-refractivity contribution is 0.0526. The number of esters is 1. The van der Waals surface area contributed by atoms with E-state index in [9.17, 15) is 4.79 Å². The van der Waals surface area contributed by atoms with Gasteiger partial charge in [-0.3, -0.25) is 0 Å². The molecule has 1 aromatic carbocycles. The van der Waals surface area contributed by atoms with E-state index in [0.717, 1.165) is 21.3 Å². The van der Waals surface area contributed by atoms with Crippen LogP contribution in [0.3, 0.4) is 0 Å². The molecule has 2 rings (SSSR count). The molecule has 18 heavy (non-hydrogen) atoms. The number of aryl methyl sites for hydroxylation is 1. The van der Waals surface area contributed by atoms with Gasteiger partial charge in [0.2, 0.25) is 5.01 Å².